The van der Waals surface area contributed by atoms with Crippen molar-refractivity contribution in [2.45, 2.75) is 26.4 Å². The van der Waals surface area contributed by atoms with Crippen molar-refractivity contribution in [2.24, 2.45) is 0 Å². The molecular formula is C8H13NO2. The standard InChI is InChI=1S/C8H13NO2/c1-3-4-7-5-9-8(11-7)6-10-2/h5H,3-4,6H2,1-2H3. The van der Waals surface area contributed by atoms with Gasteiger partial charge in [-0.15, -0.1) is 0 Å². The topological polar surface area (TPSA) is 35.3 Å². The van der Waals surface area contributed by atoms with Crippen LogP contribution in [0.25, 0.3) is 0 Å². The summed E-state index contributed by atoms with van der Waals surface area (Å²) in [5.41, 5.74) is 0. The molecule has 0 fully saturated rings. The number of aryl methyl sites for hydroxylation is 1. The van der Waals surface area contributed by atoms with E-state index in [1.165, 1.54) is 0 Å². The van der Waals surface area contributed by atoms with Crippen LogP contribution in [0.1, 0.15) is 25.0 Å². The molecule has 0 saturated carbocycles. The third kappa shape index (κ3) is 2.35. The maximum Gasteiger partial charge on any atom is 0.220 e. The first-order valence-corrected chi connectivity index (χ1v) is 3.79. The molecule has 0 aliphatic rings. The van der Waals surface area contributed by atoms with Crippen LogP contribution in [0.15, 0.2) is 10.6 Å². The van der Waals surface area contributed by atoms with Crippen LogP contribution >= 0.6 is 0 Å². The third-order valence-corrected chi connectivity index (χ3v) is 1.37. The Morgan fingerprint density at radius 2 is 2.45 bits per heavy atom. The Morgan fingerprint density at radius 3 is 3.09 bits per heavy atom. The van der Waals surface area contributed by atoms with E-state index in [1.54, 1.807) is 13.3 Å². The van der Waals surface area contributed by atoms with Gasteiger partial charge in [0.15, 0.2) is 0 Å². The smallest absolute Gasteiger partial charge is 0.220 e. The van der Waals surface area contributed by atoms with Crippen LogP contribution in [-0.4, -0.2) is 12.1 Å². The number of oxazole rings is 1. The second-order valence-corrected chi connectivity index (χ2v) is 2.40. The van der Waals surface area contributed by atoms with Crippen LogP contribution in [0.5, 0.6) is 0 Å². The lowest BCUT2D eigenvalue weighted by Gasteiger charge is -1.91. The molecular weight excluding hydrogens is 142 g/mol. The molecule has 0 amide bonds. The number of ether oxygens (including phenoxy) is 1. The van der Waals surface area contributed by atoms with Crippen LogP contribution in [0.3, 0.4) is 0 Å². The quantitative estimate of drug-likeness (QED) is 0.664. The van der Waals surface area contributed by atoms with Crippen molar-refractivity contribution in [3.8, 4) is 0 Å². The summed E-state index contributed by atoms with van der Waals surface area (Å²) in [6.07, 6.45) is 3.80. The van der Waals surface area contributed by atoms with Gasteiger partial charge in [-0.05, 0) is 6.42 Å². The van der Waals surface area contributed by atoms with Gasteiger partial charge in [0.05, 0.1) is 6.20 Å². The Kier molecular flexibility index (Phi) is 3.11. The lowest BCUT2D eigenvalue weighted by molar-refractivity contribution is 0.158. The molecule has 0 atom stereocenters. The highest BCUT2D eigenvalue weighted by atomic mass is 16.5. The van der Waals surface area contributed by atoms with Crippen LogP contribution in [-0.2, 0) is 17.8 Å². The summed E-state index contributed by atoms with van der Waals surface area (Å²) in [4.78, 5) is 4.03. The van der Waals surface area contributed by atoms with Crippen molar-refractivity contribution in [3.05, 3.63) is 17.8 Å². The minimum absolute atomic E-state index is 0.462. The zero-order chi connectivity index (χ0) is 8.10. The molecule has 3 heteroatoms. The molecule has 0 radical (unpaired) electrons. The molecule has 1 rings (SSSR count). The monoisotopic (exact) mass is 155 g/mol. The first-order chi connectivity index (χ1) is 5.36. The largest absolute Gasteiger partial charge is 0.443 e. The van der Waals surface area contributed by atoms with E-state index in [0.29, 0.717) is 12.5 Å². The fraction of sp³-hybridized carbons (Fsp3) is 0.625. The Labute approximate surface area is 66.4 Å². The molecule has 0 unspecified atom stereocenters. The van der Waals surface area contributed by atoms with Crippen LogP contribution in [0.2, 0.25) is 0 Å². The number of nitrogens with zero attached hydrogens (tertiary/aromatic N) is 1. The summed E-state index contributed by atoms with van der Waals surface area (Å²) in [7, 11) is 1.63. The average molecular weight is 155 g/mol. The molecule has 0 N–H and O–H groups in total. The van der Waals surface area contributed by atoms with E-state index in [4.69, 9.17) is 9.15 Å². The van der Waals surface area contributed by atoms with Crippen molar-refractivity contribution < 1.29 is 9.15 Å². The van der Waals surface area contributed by atoms with Gasteiger partial charge in [-0.1, -0.05) is 6.92 Å². The van der Waals surface area contributed by atoms with E-state index >= 15 is 0 Å². The van der Waals surface area contributed by atoms with Crippen molar-refractivity contribution in [2.75, 3.05) is 7.11 Å². The molecule has 1 aromatic heterocycles. The van der Waals surface area contributed by atoms with Gasteiger partial charge in [-0.2, -0.15) is 0 Å². The molecule has 0 aliphatic heterocycles. The van der Waals surface area contributed by atoms with E-state index in [0.717, 1.165) is 18.6 Å². The predicted molar refractivity (Wildman–Crippen MR) is 41.2 cm³/mol. The summed E-state index contributed by atoms with van der Waals surface area (Å²) in [6, 6.07) is 0. The highest BCUT2D eigenvalue weighted by Crippen LogP contribution is 2.06. The molecule has 0 aliphatic carbocycles. The van der Waals surface area contributed by atoms with E-state index < -0.39 is 0 Å². The van der Waals surface area contributed by atoms with Gasteiger partial charge in [0.25, 0.3) is 0 Å². The van der Waals surface area contributed by atoms with Crippen LogP contribution in [0, 0.1) is 0 Å². The molecule has 62 valence electrons. The molecule has 11 heavy (non-hydrogen) atoms. The second kappa shape index (κ2) is 4.13. The van der Waals surface area contributed by atoms with Crippen LogP contribution in [0.4, 0.5) is 0 Å². The van der Waals surface area contributed by atoms with E-state index in [1.807, 2.05) is 0 Å². The van der Waals surface area contributed by atoms with Gasteiger partial charge in [-0.3, -0.25) is 0 Å². The minimum Gasteiger partial charge on any atom is -0.443 e. The Bertz CT molecular complexity index is 187. The average Bonchev–Trinajstić information content (AvgIpc) is 2.38. The number of methoxy groups -OCH3 is 1. The number of rotatable bonds is 4. The summed E-state index contributed by atoms with van der Waals surface area (Å²) < 4.78 is 10.2. The zero-order valence-corrected chi connectivity index (χ0v) is 6.96. The molecule has 3 nitrogen and oxygen atoms in total. The molecule has 0 saturated heterocycles. The zero-order valence-electron chi connectivity index (χ0n) is 6.96. The highest BCUT2D eigenvalue weighted by molar-refractivity contribution is 4.93. The highest BCUT2D eigenvalue weighted by Gasteiger charge is 2.00. The number of hydrogen-bond acceptors (Lipinski definition) is 3. The summed E-state index contributed by atoms with van der Waals surface area (Å²) in [5, 5.41) is 0. The maximum atomic E-state index is 5.33. The summed E-state index contributed by atoms with van der Waals surface area (Å²) in [5.74, 6) is 1.61. The van der Waals surface area contributed by atoms with Crippen molar-refractivity contribution >= 4 is 0 Å². The lowest BCUT2D eigenvalue weighted by Crippen LogP contribution is -1.85. The van der Waals surface area contributed by atoms with Gasteiger partial charge < -0.3 is 9.15 Å². The van der Waals surface area contributed by atoms with Crippen molar-refractivity contribution in [1.82, 2.24) is 4.98 Å². The van der Waals surface area contributed by atoms with E-state index in [9.17, 15) is 0 Å². The Balaban J connectivity index is 2.51. The van der Waals surface area contributed by atoms with Gasteiger partial charge in [0.1, 0.15) is 12.4 Å². The van der Waals surface area contributed by atoms with Gasteiger partial charge in [0.2, 0.25) is 5.89 Å². The van der Waals surface area contributed by atoms with E-state index in [2.05, 4.69) is 11.9 Å². The summed E-state index contributed by atoms with van der Waals surface area (Å²) in [6.45, 7) is 2.57. The SMILES string of the molecule is CCCc1cnc(COC)o1. The van der Waals surface area contributed by atoms with Crippen molar-refractivity contribution in [1.29, 1.82) is 0 Å². The Hall–Kier alpha value is -0.830. The lowest BCUT2D eigenvalue weighted by atomic mass is 10.3. The summed E-state index contributed by atoms with van der Waals surface area (Å²) >= 11 is 0. The first kappa shape index (κ1) is 8.27. The van der Waals surface area contributed by atoms with Crippen LogP contribution < -0.4 is 0 Å². The van der Waals surface area contributed by atoms with Crippen molar-refractivity contribution in [3.63, 3.8) is 0 Å². The first-order valence-electron chi connectivity index (χ1n) is 3.79. The Morgan fingerprint density at radius 1 is 1.64 bits per heavy atom. The van der Waals surface area contributed by atoms with Gasteiger partial charge >= 0.3 is 0 Å². The maximum absolute atomic E-state index is 5.33. The number of aromatic nitrogens is 1. The number of hydrogen-bond donors (Lipinski definition) is 0. The van der Waals surface area contributed by atoms with Gasteiger partial charge in [-0.25, -0.2) is 4.98 Å². The molecule has 0 bridgehead atoms. The predicted octanol–water partition coefficient (Wildman–Crippen LogP) is 1.77. The fourth-order valence-electron chi connectivity index (χ4n) is 0.900. The fourth-order valence-corrected chi connectivity index (χ4v) is 0.900. The molecule has 0 aromatic carbocycles. The van der Waals surface area contributed by atoms with Gasteiger partial charge in [0, 0.05) is 13.5 Å². The molecule has 0 spiro atoms. The minimum atomic E-state index is 0.462. The second-order valence-electron chi connectivity index (χ2n) is 2.40. The molecule has 1 aromatic rings. The molecule has 1 heterocycles. The van der Waals surface area contributed by atoms with E-state index in [-0.39, 0.29) is 0 Å². The normalized spacial score (nSPS) is 10.4. The third-order valence-electron chi connectivity index (χ3n) is 1.37.